The summed E-state index contributed by atoms with van der Waals surface area (Å²) < 4.78 is 0. The molecule has 0 fully saturated rings. The Bertz CT molecular complexity index is 600. The summed E-state index contributed by atoms with van der Waals surface area (Å²) in [4.78, 5) is 15.4. The molecule has 0 bridgehead atoms. The molecule has 0 saturated heterocycles. The zero-order chi connectivity index (χ0) is 13.3. The zero-order valence-electron chi connectivity index (χ0n) is 10.7. The number of hydrogen-bond donors (Lipinski definition) is 2. The number of nitrogens with one attached hydrogen (secondary N) is 1. The van der Waals surface area contributed by atoms with Crippen LogP contribution in [0.2, 0.25) is 0 Å². The van der Waals surface area contributed by atoms with E-state index in [0.717, 1.165) is 5.39 Å². The molecule has 1 aromatic heterocycles. The molecule has 2 N–H and O–H groups in total. The van der Waals surface area contributed by atoms with Crippen LogP contribution < -0.4 is 5.32 Å². The number of aromatic nitrogens is 1. The lowest BCUT2D eigenvalue weighted by atomic mass is 10.0. The normalized spacial score (nSPS) is 11.5. The second-order valence-electron chi connectivity index (χ2n) is 5.25. The Labute approximate surface area is 106 Å². The van der Waals surface area contributed by atoms with Crippen LogP contribution in [0.5, 0.6) is 0 Å². The Kier molecular flexibility index (Phi) is 2.95. The highest BCUT2D eigenvalue weighted by molar-refractivity contribution is 6.06. The van der Waals surface area contributed by atoms with Gasteiger partial charge in [-0.2, -0.15) is 0 Å². The van der Waals surface area contributed by atoms with Gasteiger partial charge < -0.3 is 10.4 Å². The summed E-state index contributed by atoms with van der Waals surface area (Å²) in [7, 11) is 0. The molecule has 0 radical (unpaired) electrons. The molecule has 0 aliphatic heterocycles. The first kappa shape index (κ1) is 12.4. The Morgan fingerprint density at radius 1 is 1.22 bits per heavy atom. The van der Waals surface area contributed by atoms with Crippen molar-refractivity contribution < 1.29 is 9.90 Å². The molecule has 94 valence electrons. The van der Waals surface area contributed by atoms with E-state index in [1.807, 2.05) is 39.0 Å². The minimum absolute atomic E-state index is 0.124. The van der Waals surface area contributed by atoms with Gasteiger partial charge in [0.05, 0.1) is 5.56 Å². The number of anilines is 1. The molecule has 2 rings (SSSR count). The molecule has 2 aromatic rings. The largest absolute Gasteiger partial charge is 0.478 e. The van der Waals surface area contributed by atoms with E-state index in [1.54, 1.807) is 6.07 Å². The molecule has 0 aliphatic carbocycles. The standard InChI is InChI=1S/C14H16N2O2/c1-14(2,3)16-12-10-7-5-4-6-9(10)11(8-15-12)13(17)18/h4-8H,1-3H3,(H,15,16)(H,17,18). The van der Waals surface area contributed by atoms with Crippen LogP contribution in [0.4, 0.5) is 5.82 Å². The minimum atomic E-state index is -0.957. The third-order valence-electron chi connectivity index (χ3n) is 2.52. The van der Waals surface area contributed by atoms with Gasteiger partial charge in [-0.3, -0.25) is 0 Å². The van der Waals surface area contributed by atoms with E-state index in [1.165, 1.54) is 6.20 Å². The van der Waals surface area contributed by atoms with Crippen LogP contribution >= 0.6 is 0 Å². The van der Waals surface area contributed by atoms with Gasteiger partial charge in [0.2, 0.25) is 0 Å². The highest BCUT2D eigenvalue weighted by Gasteiger charge is 2.16. The minimum Gasteiger partial charge on any atom is -0.478 e. The summed E-state index contributed by atoms with van der Waals surface area (Å²) >= 11 is 0. The van der Waals surface area contributed by atoms with E-state index < -0.39 is 5.97 Å². The molecule has 0 aliphatic rings. The lowest BCUT2D eigenvalue weighted by molar-refractivity contribution is 0.0698. The maximum absolute atomic E-state index is 11.2. The number of aromatic carboxylic acids is 1. The van der Waals surface area contributed by atoms with Crippen molar-refractivity contribution in [2.24, 2.45) is 0 Å². The third kappa shape index (κ3) is 2.42. The van der Waals surface area contributed by atoms with Gasteiger partial charge >= 0.3 is 5.97 Å². The van der Waals surface area contributed by atoms with Gasteiger partial charge in [0.25, 0.3) is 0 Å². The van der Waals surface area contributed by atoms with Crippen LogP contribution in [0.25, 0.3) is 10.8 Å². The van der Waals surface area contributed by atoms with Crippen molar-refractivity contribution in [1.29, 1.82) is 0 Å². The Morgan fingerprint density at radius 2 is 1.83 bits per heavy atom. The fraction of sp³-hybridized carbons (Fsp3) is 0.286. The predicted octanol–water partition coefficient (Wildman–Crippen LogP) is 3.14. The van der Waals surface area contributed by atoms with Gasteiger partial charge in [0, 0.05) is 22.5 Å². The number of pyridine rings is 1. The van der Waals surface area contributed by atoms with Crippen molar-refractivity contribution in [3.63, 3.8) is 0 Å². The van der Waals surface area contributed by atoms with Crippen LogP contribution in [0.1, 0.15) is 31.1 Å². The summed E-state index contributed by atoms with van der Waals surface area (Å²) in [6.45, 7) is 6.11. The predicted molar refractivity (Wildman–Crippen MR) is 72.1 cm³/mol. The molecule has 0 amide bonds. The lowest BCUT2D eigenvalue weighted by Gasteiger charge is -2.22. The fourth-order valence-corrected chi connectivity index (χ4v) is 1.82. The summed E-state index contributed by atoms with van der Waals surface area (Å²) in [5.74, 6) is -0.246. The summed E-state index contributed by atoms with van der Waals surface area (Å²) in [5.41, 5.74) is 0.102. The van der Waals surface area contributed by atoms with Crippen molar-refractivity contribution in [3.8, 4) is 0 Å². The molecule has 0 atom stereocenters. The maximum Gasteiger partial charge on any atom is 0.337 e. The number of carboxylic acid groups (broad SMARTS) is 1. The van der Waals surface area contributed by atoms with Gasteiger partial charge in [0.1, 0.15) is 5.82 Å². The van der Waals surface area contributed by atoms with E-state index in [-0.39, 0.29) is 11.1 Å². The van der Waals surface area contributed by atoms with E-state index in [0.29, 0.717) is 11.2 Å². The highest BCUT2D eigenvalue weighted by Crippen LogP contribution is 2.26. The van der Waals surface area contributed by atoms with Crippen molar-refractivity contribution >= 4 is 22.6 Å². The zero-order valence-corrected chi connectivity index (χ0v) is 10.7. The molecule has 4 nitrogen and oxygen atoms in total. The van der Waals surface area contributed by atoms with Crippen molar-refractivity contribution in [3.05, 3.63) is 36.0 Å². The Hall–Kier alpha value is -2.10. The first-order valence-corrected chi connectivity index (χ1v) is 5.78. The average molecular weight is 244 g/mol. The second-order valence-corrected chi connectivity index (χ2v) is 5.25. The van der Waals surface area contributed by atoms with Crippen LogP contribution in [0.3, 0.4) is 0 Å². The van der Waals surface area contributed by atoms with Crippen molar-refractivity contribution in [2.45, 2.75) is 26.3 Å². The van der Waals surface area contributed by atoms with E-state index in [9.17, 15) is 4.79 Å². The first-order chi connectivity index (χ1) is 8.38. The van der Waals surface area contributed by atoms with Crippen molar-refractivity contribution in [1.82, 2.24) is 4.98 Å². The Morgan fingerprint density at radius 3 is 2.39 bits per heavy atom. The van der Waals surface area contributed by atoms with Gasteiger partial charge in [-0.05, 0) is 20.8 Å². The van der Waals surface area contributed by atoms with Gasteiger partial charge in [-0.1, -0.05) is 24.3 Å². The molecule has 1 heterocycles. The second kappa shape index (κ2) is 4.29. The number of carboxylic acids is 1. The van der Waals surface area contributed by atoms with Crippen LogP contribution in [-0.4, -0.2) is 21.6 Å². The monoisotopic (exact) mass is 244 g/mol. The summed E-state index contributed by atoms with van der Waals surface area (Å²) in [6, 6.07) is 7.39. The van der Waals surface area contributed by atoms with E-state index in [2.05, 4.69) is 10.3 Å². The van der Waals surface area contributed by atoms with E-state index >= 15 is 0 Å². The molecular weight excluding hydrogens is 228 g/mol. The number of rotatable bonds is 2. The molecule has 1 aromatic carbocycles. The number of benzene rings is 1. The smallest absolute Gasteiger partial charge is 0.337 e. The maximum atomic E-state index is 11.2. The van der Waals surface area contributed by atoms with Gasteiger partial charge in [0.15, 0.2) is 0 Å². The number of fused-ring (bicyclic) bond motifs is 1. The number of hydrogen-bond acceptors (Lipinski definition) is 3. The van der Waals surface area contributed by atoms with Crippen LogP contribution in [-0.2, 0) is 0 Å². The number of carbonyl (C=O) groups is 1. The molecular formula is C14H16N2O2. The fourth-order valence-electron chi connectivity index (χ4n) is 1.82. The third-order valence-corrected chi connectivity index (χ3v) is 2.52. The molecule has 4 heteroatoms. The molecule has 0 unspecified atom stereocenters. The van der Waals surface area contributed by atoms with Gasteiger partial charge in [-0.25, -0.2) is 9.78 Å². The highest BCUT2D eigenvalue weighted by atomic mass is 16.4. The lowest BCUT2D eigenvalue weighted by Crippen LogP contribution is -2.26. The molecule has 0 spiro atoms. The number of nitrogens with zero attached hydrogens (tertiary/aromatic N) is 1. The quantitative estimate of drug-likeness (QED) is 0.851. The van der Waals surface area contributed by atoms with Crippen LogP contribution in [0.15, 0.2) is 30.5 Å². The topological polar surface area (TPSA) is 62.2 Å². The van der Waals surface area contributed by atoms with Crippen molar-refractivity contribution in [2.75, 3.05) is 5.32 Å². The average Bonchev–Trinajstić information content (AvgIpc) is 2.27. The molecule has 0 saturated carbocycles. The van der Waals surface area contributed by atoms with E-state index in [4.69, 9.17) is 5.11 Å². The summed E-state index contributed by atoms with van der Waals surface area (Å²) in [6.07, 6.45) is 1.40. The SMILES string of the molecule is CC(C)(C)Nc1ncc(C(=O)O)c2ccccc12. The summed E-state index contributed by atoms with van der Waals surface area (Å²) in [5, 5.41) is 14.0. The first-order valence-electron chi connectivity index (χ1n) is 5.78. The molecule has 18 heavy (non-hydrogen) atoms. The Balaban J connectivity index is 2.65. The van der Waals surface area contributed by atoms with Crippen LogP contribution in [0, 0.1) is 0 Å². The van der Waals surface area contributed by atoms with Gasteiger partial charge in [-0.15, -0.1) is 0 Å².